The van der Waals surface area contributed by atoms with Crippen LogP contribution in [0.5, 0.6) is 23.0 Å². The molecule has 0 spiro atoms. The Bertz CT molecular complexity index is 1390. The van der Waals surface area contributed by atoms with Gasteiger partial charge >= 0.3 is 0 Å². The second-order valence-electron chi connectivity index (χ2n) is 8.28. The van der Waals surface area contributed by atoms with Crippen molar-refractivity contribution in [3.8, 4) is 34.3 Å². The lowest BCUT2D eigenvalue weighted by Crippen LogP contribution is -2.15. The zero-order valence-corrected chi connectivity index (χ0v) is 21.3. The summed E-state index contributed by atoms with van der Waals surface area (Å²) in [7, 11) is 6.37. The van der Waals surface area contributed by atoms with Crippen LogP contribution in [0.2, 0.25) is 0 Å². The highest BCUT2D eigenvalue weighted by atomic mass is 16.5. The number of fused-ring (bicyclic) bond motifs is 1. The molecule has 9 heteroatoms. The number of carbonyl (C=O) groups is 1. The van der Waals surface area contributed by atoms with Crippen LogP contribution in [0.15, 0.2) is 42.5 Å². The normalized spacial score (nSPS) is 10.8. The first-order valence-electron chi connectivity index (χ1n) is 11.5. The van der Waals surface area contributed by atoms with Crippen molar-refractivity contribution in [2.45, 2.75) is 26.7 Å². The van der Waals surface area contributed by atoms with Crippen LogP contribution >= 0.6 is 0 Å². The lowest BCUT2D eigenvalue weighted by Gasteiger charge is -2.13. The molecule has 0 saturated carbocycles. The van der Waals surface area contributed by atoms with Crippen LogP contribution in [0.3, 0.4) is 0 Å². The maximum atomic E-state index is 12.7. The molecule has 2 heterocycles. The number of aromatic nitrogens is 3. The molecule has 0 radical (unpaired) electrons. The third-order valence-corrected chi connectivity index (χ3v) is 6.10. The van der Waals surface area contributed by atoms with Crippen LogP contribution < -0.4 is 24.3 Å². The Morgan fingerprint density at radius 3 is 2.22 bits per heavy atom. The Morgan fingerprint density at radius 1 is 0.889 bits per heavy atom. The Kier molecular flexibility index (Phi) is 7.28. The van der Waals surface area contributed by atoms with Gasteiger partial charge in [-0.05, 0) is 50.1 Å². The predicted octanol–water partition coefficient (Wildman–Crippen LogP) is 4.62. The molecule has 0 unspecified atom stereocenters. The zero-order chi connectivity index (χ0) is 25.8. The number of rotatable bonds is 9. The summed E-state index contributed by atoms with van der Waals surface area (Å²) in [5.41, 5.74) is 5.73. The van der Waals surface area contributed by atoms with E-state index in [0.717, 1.165) is 33.9 Å². The minimum Gasteiger partial charge on any atom is -0.497 e. The molecule has 4 aromatic rings. The number of aryl methyl sites for hydroxylation is 2. The van der Waals surface area contributed by atoms with Crippen LogP contribution in [0.1, 0.15) is 23.4 Å². The van der Waals surface area contributed by atoms with Gasteiger partial charge in [-0.25, -0.2) is 9.50 Å². The largest absolute Gasteiger partial charge is 0.497 e. The van der Waals surface area contributed by atoms with Crippen molar-refractivity contribution >= 4 is 17.2 Å². The van der Waals surface area contributed by atoms with Gasteiger partial charge in [-0.1, -0.05) is 0 Å². The number of hydrogen-bond acceptors (Lipinski definition) is 7. The first-order valence-corrected chi connectivity index (χ1v) is 11.5. The van der Waals surface area contributed by atoms with Gasteiger partial charge in [0.15, 0.2) is 5.65 Å². The number of amides is 1. The van der Waals surface area contributed by atoms with E-state index in [1.54, 1.807) is 46.6 Å². The first kappa shape index (κ1) is 24.8. The summed E-state index contributed by atoms with van der Waals surface area (Å²) in [6.07, 6.45) is 0.804. The van der Waals surface area contributed by atoms with E-state index < -0.39 is 0 Å². The number of anilines is 1. The van der Waals surface area contributed by atoms with Gasteiger partial charge in [-0.2, -0.15) is 5.10 Å². The number of hydrogen-bond donors (Lipinski definition) is 1. The lowest BCUT2D eigenvalue weighted by atomic mass is 10.1. The Labute approximate surface area is 210 Å². The van der Waals surface area contributed by atoms with Crippen molar-refractivity contribution in [3.63, 3.8) is 0 Å². The van der Waals surface area contributed by atoms with Crippen molar-refractivity contribution in [2.75, 3.05) is 33.8 Å². The van der Waals surface area contributed by atoms with E-state index in [2.05, 4.69) is 5.32 Å². The summed E-state index contributed by atoms with van der Waals surface area (Å²) in [4.78, 5) is 17.5. The summed E-state index contributed by atoms with van der Waals surface area (Å²) in [6.45, 7) is 3.94. The van der Waals surface area contributed by atoms with Gasteiger partial charge in [0.1, 0.15) is 23.0 Å². The van der Waals surface area contributed by atoms with E-state index >= 15 is 0 Å². The molecule has 0 fully saturated rings. The van der Waals surface area contributed by atoms with E-state index in [1.165, 1.54) is 0 Å². The minimum absolute atomic E-state index is 0.123. The van der Waals surface area contributed by atoms with Gasteiger partial charge in [0.25, 0.3) is 0 Å². The maximum Gasteiger partial charge on any atom is 0.224 e. The second-order valence-corrected chi connectivity index (χ2v) is 8.28. The molecule has 2 aromatic heterocycles. The molecule has 0 atom stereocenters. The Balaban J connectivity index is 1.56. The SMILES string of the molecule is COc1cc(OC)cc(-c2cc3nc(C)c(CCC(=O)Nc4ccc(OC)cc4OC)c(C)n3n2)c1. The molecule has 9 nitrogen and oxygen atoms in total. The molecule has 2 aromatic carbocycles. The van der Waals surface area contributed by atoms with Gasteiger partial charge < -0.3 is 24.3 Å². The number of benzene rings is 2. The van der Waals surface area contributed by atoms with Gasteiger partial charge in [0, 0.05) is 41.6 Å². The quantitative estimate of drug-likeness (QED) is 0.366. The molecule has 0 bridgehead atoms. The minimum atomic E-state index is -0.123. The van der Waals surface area contributed by atoms with E-state index in [0.29, 0.717) is 35.1 Å². The highest BCUT2D eigenvalue weighted by molar-refractivity contribution is 5.92. The molecule has 0 aliphatic rings. The summed E-state index contributed by atoms with van der Waals surface area (Å²) in [6, 6.07) is 12.8. The second kappa shape index (κ2) is 10.6. The number of nitrogens with zero attached hydrogens (tertiary/aromatic N) is 3. The number of methoxy groups -OCH3 is 4. The van der Waals surface area contributed by atoms with Crippen molar-refractivity contribution in [1.29, 1.82) is 0 Å². The van der Waals surface area contributed by atoms with Crippen LogP contribution in [-0.2, 0) is 11.2 Å². The van der Waals surface area contributed by atoms with E-state index in [-0.39, 0.29) is 12.3 Å². The van der Waals surface area contributed by atoms with Crippen LogP contribution in [0, 0.1) is 13.8 Å². The molecule has 1 N–H and O–H groups in total. The summed E-state index contributed by atoms with van der Waals surface area (Å²) in [5, 5.41) is 7.70. The predicted molar refractivity (Wildman–Crippen MR) is 137 cm³/mol. The highest BCUT2D eigenvalue weighted by Crippen LogP contribution is 2.31. The maximum absolute atomic E-state index is 12.7. The first-order chi connectivity index (χ1) is 17.4. The molecule has 1 amide bonds. The lowest BCUT2D eigenvalue weighted by molar-refractivity contribution is -0.116. The fraction of sp³-hybridized carbons (Fsp3) is 0.296. The molecule has 188 valence electrons. The Hall–Kier alpha value is -4.27. The van der Waals surface area contributed by atoms with E-state index in [9.17, 15) is 4.79 Å². The highest BCUT2D eigenvalue weighted by Gasteiger charge is 2.16. The molecule has 4 rings (SSSR count). The van der Waals surface area contributed by atoms with Gasteiger partial charge in [0.05, 0.1) is 39.8 Å². The van der Waals surface area contributed by atoms with Crippen molar-refractivity contribution < 1.29 is 23.7 Å². The van der Waals surface area contributed by atoms with Crippen LogP contribution in [0.25, 0.3) is 16.9 Å². The molecule has 0 aliphatic heterocycles. The monoisotopic (exact) mass is 490 g/mol. The summed E-state index contributed by atoms with van der Waals surface area (Å²) < 4.78 is 23.2. The van der Waals surface area contributed by atoms with Crippen molar-refractivity contribution in [3.05, 3.63) is 59.4 Å². The van der Waals surface area contributed by atoms with E-state index in [4.69, 9.17) is 29.0 Å². The average molecular weight is 491 g/mol. The van der Waals surface area contributed by atoms with Gasteiger partial charge in [-0.15, -0.1) is 0 Å². The standard InChI is InChI=1S/C27H30N4O5/c1-16-22(8-10-27(32)29-23-9-7-19(33-3)14-25(23)36-6)17(2)31-26(28-16)15-24(30-31)18-11-20(34-4)13-21(12-18)35-5/h7,9,11-15H,8,10H2,1-6H3,(H,29,32). The summed E-state index contributed by atoms with van der Waals surface area (Å²) >= 11 is 0. The number of ether oxygens (including phenoxy) is 4. The molecular weight excluding hydrogens is 460 g/mol. The van der Waals surface area contributed by atoms with Crippen molar-refractivity contribution in [2.24, 2.45) is 0 Å². The smallest absolute Gasteiger partial charge is 0.224 e. The fourth-order valence-corrected chi connectivity index (χ4v) is 4.14. The third kappa shape index (κ3) is 5.05. The van der Waals surface area contributed by atoms with Gasteiger partial charge in [0.2, 0.25) is 5.91 Å². The van der Waals surface area contributed by atoms with Gasteiger partial charge in [-0.3, -0.25) is 4.79 Å². The molecule has 0 aliphatic carbocycles. The fourth-order valence-electron chi connectivity index (χ4n) is 4.14. The van der Waals surface area contributed by atoms with Crippen LogP contribution in [0.4, 0.5) is 5.69 Å². The topological polar surface area (TPSA) is 96.2 Å². The summed E-state index contributed by atoms with van der Waals surface area (Å²) in [5.74, 6) is 2.43. The van der Waals surface area contributed by atoms with Crippen LogP contribution in [-0.4, -0.2) is 48.9 Å². The third-order valence-electron chi connectivity index (χ3n) is 6.10. The Morgan fingerprint density at radius 2 is 1.58 bits per heavy atom. The molecule has 0 saturated heterocycles. The van der Waals surface area contributed by atoms with E-state index in [1.807, 2.05) is 42.6 Å². The average Bonchev–Trinajstić information content (AvgIpc) is 3.32. The zero-order valence-electron chi connectivity index (χ0n) is 21.3. The molecular formula is C27H30N4O5. The number of carbonyl (C=O) groups excluding carboxylic acids is 1. The van der Waals surface area contributed by atoms with Crippen molar-refractivity contribution in [1.82, 2.24) is 14.6 Å². The molecule has 36 heavy (non-hydrogen) atoms. The number of nitrogens with one attached hydrogen (secondary N) is 1.